The van der Waals surface area contributed by atoms with Crippen LogP contribution in [0.2, 0.25) is 5.02 Å². The van der Waals surface area contributed by atoms with Gasteiger partial charge in [0, 0.05) is 56.1 Å². The Morgan fingerprint density at radius 3 is 2.41 bits per heavy atom. The number of hydrogen-bond donors (Lipinski definition) is 4. The molecule has 0 radical (unpaired) electrons. The van der Waals surface area contributed by atoms with E-state index in [-0.39, 0.29) is 56.2 Å². The Morgan fingerprint density at radius 1 is 0.977 bits per heavy atom. The SMILES string of the molecule is Cc1cnccc1-c1cccc([C@H](C)N(CCCC(=O)NCCNC(=O)NCCC(=O)O)S(=O)(=O)c2cccc(Cl)c2C)c1. The van der Waals surface area contributed by atoms with Crippen molar-refractivity contribution in [3.05, 3.63) is 82.6 Å². The number of aryl methyl sites for hydroxylation is 1. The van der Waals surface area contributed by atoms with Crippen LogP contribution >= 0.6 is 11.6 Å². The highest BCUT2D eigenvalue weighted by atomic mass is 35.5. The van der Waals surface area contributed by atoms with Crippen molar-refractivity contribution in [1.82, 2.24) is 25.2 Å². The van der Waals surface area contributed by atoms with Crippen molar-refractivity contribution in [2.45, 2.75) is 51.0 Å². The maximum atomic E-state index is 14.1. The number of pyridine rings is 1. The largest absolute Gasteiger partial charge is 0.481 e. The fraction of sp³-hybridized carbons (Fsp3) is 0.355. The van der Waals surface area contributed by atoms with E-state index in [1.165, 1.54) is 10.4 Å². The molecule has 1 atom stereocenters. The van der Waals surface area contributed by atoms with Gasteiger partial charge in [-0.05, 0) is 79.3 Å². The molecule has 44 heavy (non-hydrogen) atoms. The van der Waals surface area contributed by atoms with Gasteiger partial charge in [0.25, 0.3) is 0 Å². The van der Waals surface area contributed by atoms with E-state index in [1.807, 2.05) is 44.2 Å². The number of carboxylic acids is 1. The summed E-state index contributed by atoms with van der Waals surface area (Å²) in [7, 11) is -4.01. The zero-order chi connectivity index (χ0) is 32.3. The number of sulfonamides is 1. The molecular formula is C31H38ClN5O6S. The average molecular weight is 644 g/mol. The molecule has 1 heterocycles. The smallest absolute Gasteiger partial charge is 0.314 e. The summed E-state index contributed by atoms with van der Waals surface area (Å²) in [5, 5.41) is 16.6. The first-order valence-electron chi connectivity index (χ1n) is 14.2. The summed E-state index contributed by atoms with van der Waals surface area (Å²) in [6.45, 7) is 5.83. The molecule has 2 aromatic carbocycles. The van der Waals surface area contributed by atoms with Crippen LogP contribution in [0.15, 0.2) is 65.8 Å². The number of nitrogens with one attached hydrogen (secondary N) is 3. The van der Waals surface area contributed by atoms with Crippen LogP contribution in [0.25, 0.3) is 11.1 Å². The number of amides is 3. The van der Waals surface area contributed by atoms with Gasteiger partial charge in [-0.1, -0.05) is 35.9 Å². The lowest BCUT2D eigenvalue weighted by Crippen LogP contribution is -2.41. The number of carboxylic acid groups (broad SMARTS) is 1. The number of urea groups is 1. The number of rotatable bonds is 15. The van der Waals surface area contributed by atoms with E-state index < -0.39 is 28.1 Å². The monoisotopic (exact) mass is 643 g/mol. The third kappa shape index (κ3) is 9.50. The van der Waals surface area contributed by atoms with Crippen molar-refractivity contribution < 1.29 is 27.9 Å². The Bertz CT molecular complexity index is 1580. The lowest BCUT2D eigenvalue weighted by atomic mass is 9.98. The van der Waals surface area contributed by atoms with Gasteiger partial charge >= 0.3 is 12.0 Å². The van der Waals surface area contributed by atoms with Gasteiger partial charge < -0.3 is 21.1 Å². The Hall–Kier alpha value is -4.00. The van der Waals surface area contributed by atoms with Crippen LogP contribution < -0.4 is 16.0 Å². The minimum atomic E-state index is -4.01. The summed E-state index contributed by atoms with van der Waals surface area (Å²) < 4.78 is 29.5. The molecule has 0 aliphatic rings. The number of halogens is 1. The van der Waals surface area contributed by atoms with Crippen molar-refractivity contribution >= 4 is 39.5 Å². The molecule has 0 unspecified atom stereocenters. The van der Waals surface area contributed by atoms with Gasteiger partial charge in [-0.3, -0.25) is 14.6 Å². The fourth-order valence-corrected chi connectivity index (χ4v) is 6.79. The molecule has 1 aromatic heterocycles. The predicted octanol–water partition coefficient (Wildman–Crippen LogP) is 4.44. The first-order chi connectivity index (χ1) is 20.9. The molecule has 236 valence electrons. The number of nitrogens with zero attached hydrogens (tertiary/aromatic N) is 2. The zero-order valence-corrected chi connectivity index (χ0v) is 26.5. The number of benzene rings is 2. The van der Waals surface area contributed by atoms with Crippen LogP contribution in [0.1, 0.15) is 48.9 Å². The quantitative estimate of drug-likeness (QED) is 0.178. The molecule has 0 aliphatic heterocycles. The number of aromatic nitrogens is 1. The lowest BCUT2D eigenvalue weighted by Gasteiger charge is -2.30. The second-order valence-corrected chi connectivity index (χ2v) is 12.5. The Morgan fingerprint density at radius 2 is 1.68 bits per heavy atom. The van der Waals surface area contributed by atoms with Crippen molar-refractivity contribution in [2.24, 2.45) is 0 Å². The van der Waals surface area contributed by atoms with E-state index >= 15 is 0 Å². The summed E-state index contributed by atoms with van der Waals surface area (Å²) in [4.78, 5) is 39.0. The maximum absolute atomic E-state index is 14.1. The highest BCUT2D eigenvalue weighted by molar-refractivity contribution is 7.89. The molecule has 4 N–H and O–H groups in total. The first kappa shape index (κ1) is 34.5. The molecule has 0 spiro atoms. The summed E-state index contributed by atoms with van der Waals surface area (Å²) >= 11 is 6.29. The summed E-state index contributed by atoms with van der Waals surface area (Å²) in [6, 6.07) is 13.3. The molecule has 0 saturated carbocycles. The zero-order valence-electron chi connectivity index (χ0n) is 25.0. The normalized spacial score (nSPS) is 12.0. The second kappa shape index (κ2) is 16.2. The highest BCUT2D eigenvalue weighted by Gasteiger charge is 2.31. The van der Waals surface area contributed by atoms with Gasteiger partial charge in [-0.2, -0.15) is 4.31 Å². The van der Waals surface area contributed by atoms with Crippen LogP contribution in [0, 0.1) is 13.8 Å². The average Bonchev–Trinajstić information content (AvgIpc) is 2.98. The number of aliphatic carboxylic acids is 1. The first-order valence-corrected chi connectivity index (χ1v) is 16.0. The number of carbonyl (C=O) groups excluding carboxylic acids is 2. The van der Waals surface area contributed by atoms with Crippen molar-refractivity contribution in [3.63, 3.8) is 0 Å². The van der Waals surface area contributed by atoms with E-state index in [4.69, 9.17) is 16.7 Å². The van der Waals surface area contributed by atoms with Gasteiger partial charge in [0.2, 0.25) is 15.9 Å². The molecule has 13 heteroatoms. The van der Waals surface area contributed by atoms with E-state index in [2.05, 4.69) is 20.9 Å². The van der Waals surface area contributed by atoms with Gasteiger partial charge in [-0.25, -0.2) is 13.2 Å². The van der Waals surface area contributed by atoms with E-state index in [0.717, 1.165) is 22.3 Å². The van der Waals surface area contributed by atoms with Gasteiger partial charge in [0.1, 0.15) is 0 Å². The van der Waals surface area contributed by atoms with E-state index in [9.17, 15) is 22.8 Å². The molecule has 3 amide bonds. The molecule has 3 aromatic rings. The van der Waals surface area contributed by atoms with Gasteiger partial charge in [0.15, 0.2) is 0 Å². The highest BCUT2D eigenvalue weighted by Crippen LogP contribution is 2.33. The van der Waals surface area contributed by atoms with Crippen molar-refractivity contribution in [2.75, 3.05) is 26.2 Å². The Balaban J connectivity index is 1.71. The van der Waals surface area contributed by atoms with Crippen LogP contribution in [0.3, 0.4) is 0 Å². The minimum absolute atomic E-state index is 0.00621. The Kier molecular flexibility index (Phi) is 12.7. The molecule has 0 saturated heterocycles. The minimum Gasteiger partial charge on any atom is -0.481 e. The maximum Gasteiger partial charge on any atom is 0.314 e. The van der Waals surface area contributed by atoms with Crippen LogP contribution in [-0.4, -0.2) is 66.9 Å². The van der Waals surface area contributed by atoms with E-state index in [1.54, 1.807) is 31.5 Å². The van der Waals surface area contributed by atoms with E-state index in [0.29, 0.717) is 10.6 Å². The Labute approximate surface area is 263 Å². The lowest BCUT2D eigenvalue weighted by molar-refractivity contribution is -0.136. The molecule has 0 bridgehead atoms. The third-order valence-corrected chi connectivity index (χ3v) is 9.60. The second-order valence-electron chi connectivity index (χ2n) is 10.3. The van der Waals surface area contributed by atoms with Crippen molar-refractivity contribution in [1.29, 1.82) is 0 Å². The topological polar surface area (TPSA) is 158 Å². The third-order valence-electron chi connectivity index (χ3n) is 7.08. The fourth-order valence-electron chi connectivity index (χ4n) is 4.65. The molecule has 0 fully saturated rings. The molecule has 0 aliphatic carbocycles. The predicted molar refractivity (Wildman–Crippen MR) is 169 cm³/mol. The molecular weight excluding hydrogens is 606 g/mol. The summed E-state index contributed by atoms with van der Waals surface area (Å²) in [5.41, 5.74) is 4.17. The number of carbonyl (C=O) groups is 3. The summed E-state index contributed by atoms with van der Waals surface area (Å²) in [6.07, 6.45) is 3.62. The van der Waals surface area contributed by atoms with Gasteiger partial charge in [0.05, 0.1) is 11.3 Å². The van der Waals surface area contributed by atoms with Crippen LogP contribution in [-0.2, 0) is 19.6 Å². The van der Waals surface area contributed by atoms with Crippen molar-refractivity contribution in [3.8, 4) is 11.1 Å². The molecule has 3 rings (SSSR count). The summed E-state index contributed by atoms with van der Waals surface area (Å²) in [5.74, 6) is -1.31. The van der Waals surface area contributed by atoms with Crippen LogP contribution in [0.5, 0.6) is 0 Å². The standard InChI is InChI=1S/C31H38ClN5O6S/c1-21-20-33-14-12-26(21)25-8-4-7-24(19-25)23(3)37(44(42,43)28-10-5-9-27(32)22(28)2)18-6-11-29(38)34-16-17-36-31(41)35-15-13-30(39)40/h4-5,7-10,12,14,19-20,23H,6,11,13,15-18H2,1-3H3,(H,34,38)(H,39,40)(H2,35,36,41)/t23-/m0/s1. The molecule has 11 nitrogen and oxygen atoms in total. The van der Waals surface area contributed by atoms with Gasteiger partial charge in [-0.15, -0.1) is 0 Å². The van der Waals surface area contributed by atoms with Crippen LogP contribution in [0.4, 0.5) is 4.79 Å². The number of hydrogen-bond acceptors (Lipinski definition) is 6.